The summed E-state index contributed by atoms with van der Waals surface area (Å²) in [5.41, 5.74) is 2.87. The van der Waals surface area contributed by atoms with Gasteiger partial charge in [-0.15, -0.1) is 0 Å². The third-order valence-corrected chi connectivity index (χ3v) is 5.88. The van der Waals surface area contributed by atoms with E-state index in [1.165, 1.54) is 36.8 Å². The number of quaternary nitrogens is 1. The van der Waals surface area contributed by atoms with Crippen molar-refractivity contribution < 1.29 is 10.2 Å². The molecule has 2 N–H and O–H groups in total. The third kappa shape index (κ3) is 1.52. The quantitative estimate of drug-likeness (QED) is 0.694. The lowest BCUT2D eigenvalue weighted by atomic mass is 9.52. The minimum Gasteiger partial charge on any atom is -0.634 e. The summed E-state index contributed by atoms with van der Waals surface area (Å²) < 4.78 is 0. The summed E-state index contributed by atoms with van der Waals surface area (Å²) in [5, 5.41) is 22.6. The summed E-state index contributed by atoms with van der Waals surface area (Å²) in [6.07, 6.45) is 6.85. The monoisotopic (exact) mass is 259 g/mol. The predicted molar refractivity (Wildman–Crippen MR) is 73.0 cm³/mol. The fraction of sp³-hybridized carbons (Fsp3) is 0.625. The molecular formula is C16H21NO2. The molecule has 1 saturated carbocycles. The normalized spacial score (nSPS) is 40.4. The largest absolute Gasteiger partial charge is 0.634 e. The van der Waals surface area contributed by atoms with Crippen molar-refractivity contribution in [2.24, 2.45) is 5.92 Å². The summed E-state index contributed by atoms with van der Waals surface area (Å²) in [4.78, 5) is 0. The molecule has 19 heavy (non-hydrogen) atoms. The number of phenolic OH excluding ortho intramolecular Hbond substituents is 1. The molecule has 1 aliphatic heterocycles. The summed E-state index contributed by atoms with van der Waals surface area (Å²) in [7, 11) is 0. The highest BCUT2D eigenvalue weighted by molar-refractivity contribution is 5.44. The average Bonchev–Trinajstić information content (AvgIpc) is 2.43. The van der Waals surface area contributed by atoms with Crippen LogP contribution in [-0.4, -0.2) is 17.7 Å². The summed E-state index contributed by atoms with van der Waals surface area (Å²) in [6, 6.07) is 6.06. The lowest BCUT2D eigenvalue weighted by Gasteiger charge is -2.58. The van der Waals surface area contributed by atoms with Gasteiger partial charge in [0.2, 0.25) is 0 Å². The molecule has 3 heteroatoms. The Morgan fingerprint density at radius 2 is 2.16 bits per heavy atom. The maximum absolute atomic E-state index is 12.3. The van der Waals surface area contributed by atoms with Gasteiger partial charge in [0.05, 0.1) is 12.6 Å². The first-order valence-electron chi connectivity index (χ1n) is 7.56. The number of aromatic hydroxyl groups is 1. The fourth-order valence-corrected chi connectivity index (χ4v) is 5.09. The van der Waals surface area contributed by atoms with E-state index in [1.807, 2.05) is 12.1 Å². The molecule has 0 amide bonds. The van der Waals surface area contributed by atoms with Crippen LogP contribution in [0.1, 0.15) is 43.2 Å². The Morgan fingerprint density at radius 1 is 1.26 bits per heavy atom. The van der Waals surface area contributed by atoms with Crippen LogP contribution in [0, 0.1) is 11.1 Å². The Morgan fingerprint density at radius 3 is 3.05 bits per heavy atom. The molecule has 0 aromatic heterocycles. The van der Waals surface area contributed by atoms with E-state index >= 15 is 0 Å². The fourth-order valence-electron chi connectivity index (χ4n) is 5.09. The summed E-state index contributed by atoms with van der Waals surface area (Å²) in [6.45, 7) is 0.746. The van der Waals surface area contributed by atoms with E-state index in [0.717, 1.165) is 19.4 Å². The van der Waals surface area contributed by atoms with E-state index in [4.69, 9.17) is 0 Å². The van der Waals surface area contributed by atoms with E-state index in [2.05, 4.69) is 0 Å². The Bertz CT molecular complexity index is 515. The lowest BCUT2D eigenvalue weighted by Crippen LogP contribution is -3.15. The Balaban J connectivity index is 1.90. The lowest BCUT2D eigenvalue weighted by molar-refractivity contribution is -0.889. The van der Waals surface area contributed by atoms with Crippen LogP contribution < -0.4 is 5.06 Å². The molecule has 1 heterocycles. The molecule has 1 aromatic rings. The standard InChI is InChI=1S/C16H21NO2/c18-12-5-4-11-9-15-13-3-1-2-6-16(13,14(11)10-12)7-8-17(15)19/h4-5,10,13,15,17-18H,1-3,6-9H2. The number of rotatable bonds is 0. The van der Waals surface area contributed by atoms with Crippen LogP contribution >= 0.6 is 0 Å². The highest BCUT2D eigenvalue weighted by Crippen LogP contribution is 2.53. The zero-order valence-electron chi connectivity index (χ0n) is 11.2. The summed E-state index contributed by atoms with van der Waals surface area (Å²) in [5.74, 6) is 0.921. The van der Waals surface area contributed by atoms with Gasteiger partial charge in [-0.1, -0.05) is 18.9 Å². The molecule has 1 aromatic carbocycles. The first-order valence-corrected chi connectivity index (χ1v) is 7.56. The number of hydrogen-bond donors (Lipinski definition) is 2. The predicted octanol–water partition coefficient (Wildman–Crippen LogP) is 1.53. The molecule has 4 rings (SSSR count). The molecule has 3 nitrogen and oxygen atoms in total. The number of phenols is 1. The number of benzene rings is 1. The molecule has 2 aliphatic carbocycles. The number of fused-ring (bicyclic) bond motifs is 1. The number of hydrogen-bond acceptors (Lipinski definition) is 2. The number of nitrogens with one attached hydrogen (secondary N) is 1. The molecule has 102 valence electrons. The van der Waals surface area contributed by atoms with Gasteiger partial charge in [-0.05, 0) is 36.1 Å². The van der Waals surface area contributed by atoms with Crippen LogP contribution in [0.3, 0.4) is 0 Å². The second kappa shape index (κ2) is 3.97. The van der Waals surface area contributed by atoms with Gasteiger partial charge in [-0.2, -0.15) is 0 Å². The topological polar surface area (TPSA) is 47.7 Å². The van der Waals surface area contributed by atoms with Gasteiger partial charge < -0.3 is 15.4 Å². The summed E-state index contributed by atoms with van der Waals surface area (Å²) >= 11 is 0. The molecular weight excluding hydrogens is 238 g/mol. The zero-order valence-corrected chi connectivity index (χ0v) is 11.2. The molecule has 0 radical (unpaired) electrons. The minimum atomic E-state index is 0.198. The van der Waals surface area contributed by atoms with E-state index in [0.29, 0.717) is 16.7 Å². The van der Waals surface area contributed by atoms with E-state index < -0.39 is 0 Å². The van der Waals surface area contributed by atoms with Crippen molar-refractivity contribution in [3.63, 3.8) is 0 Å². The highest BCUT2D eigenvalue weighted by Gasteiger charge is 2.54. The van der Waals surface area contributed by atoms with Gasteiger partial charge in [0.15, 0.2) is 0 Å². The molecule has 4 atom stereocenters. The van der Waals surface area contributed by atoms with Crippen LogP contribution in [0.25, 0.3) is 0 Å². The average molecular weight is 259 g/mol. The Kier molecular flexibility index (Phi) is 2.45. The van der Waals surface area contributed by atoms with Gasteiger partial charge in [0.25, 0.3) is 0 Å². The van der Waals surface area contributed by atoms with Crippen molar-refractivity contribution in [1.82, 2.24) is 0 Å². The Hall–Kier alpha value is -1.06. The first-order chi connectivity index (χ1) is 9.21. The maximum Gasteiger partial charge on any atom is 0.115 e. The molecule has 0 spiro atoms. The van der Waals surface area contributed by atoms with Crippen LogP contribution in [-0.2, 0) is 11.8 Å². The van der Waals surface area contributed by atoms with Gasteiger partial charge in [-0.25, -0.2) is 0 Å². The van der Waals surface area contributed by atoms with Gasteiger partial charge >= 0.3 is 0 Å². The third-order valence-electron chi connectivity index (χ3n) is 5.88. The molecule has 2 fully saturated rings. The van der Waals surface area contributed by atoms with Crippen molar-refractivity contribution in [2.45, 2.75) is 50.0 Å². The van der Waals surface area contributed by atoms with Crippen molar-refractivity contribution in [3.8, 4) is 5.75 Å². The van der Waals surface area contributed by atoms with Gasteiger partial charge in [0, 0.05) is 24.2 Å². The molecule has 2 bridgehead atoms. The van der Waals surface area contributed by atoms with Crippen molar-refractivity contribution in [3.05, 3.63) is 34.5 Å². The SMILES string of the molecule is [O-][NH+]1CCC23CCCCC2C1Cc1ccc(O)cc13. The highest BCUT2D eigenvalue weighted by atomic mass is 16.5. The number of hydroxylamine groups is 2. The van der Waals surface area contributed by atoms with Gasteiger partial charge in [0.1, 0.15) is 5.75 Å². The second-order valence-corrected chi connectivity index (χ2v) is 6.63. The molecule has 1 saturated heterocycles. The maximum atomic E-state index is 12.3. The van der Waals surface area contributed by atoms with Crippen LogP contribution in [0.5, 0.6) is 5.75 Å². The van der Waals surface area contributed by atoms with Crippen molar-refractivity contribution >= 4 is 0 Å². The van der Waals surface area contributed by atoms with Crippen LogP contribution in [0.2, 0.25) is 0 Å². The first kappa shape index (κ1) is 11.7. The smallest absolute Gasteiger partial charge is 0.115 e. The molecule has 3 aliphatic rings. The van der Waals surface area contributed by atoms with Crippen molar-refractivity contribution in [1.29, 1.82) is 0 Å². The van der Waals surface area contributed by atoms with Crippen LogP contribution in [0.15, 0.2) is 18.2 Å². The second-order valence-electron chi connectivity index (χ2n) is 6.63. The zero-order chi connectivity index (χ0) is 13.0. The number of piperidine rings is 1. The Labute approximate surface area is 113 Å². The van der Waals surface area contributed by atoms with Crippen molar-refractivity contribution in [2.75, 3.05) is 6.54 Å². The van der Waals surface area contributed by atoms with Gasteiger partial charge in [-0.3, -0.25) is 0 Å². The van der Waals surface area contributed by atoms with E-state index in [9.17, 15) is 10.3 Å². The minimum absolute atomic E-state index is 0.198. The van der Waals surface area contributed by atoms with Crippen LogP contribution in [0.4, 0.5) is 0 Å². The van der Waals surface area contributed by atoms with E-state index in [1.54, 1.807) is 6.07 Å². The molecule has 4 unspecified atom stereocenters. The van der Waals surface area contributed by atoms with E-state index in [-0.39, 0.29) is 11.5 Å².